The minimum atomic E-state index is -0.431. The van der Waals surface area contributed by atoms with Gasteiger partial charge in [-0.25, -0.2) is 4.98 Å². The van der Waals surface area contributed by atoms with Crippen LogP contribution >= 0.6 is 0 Å². The first-order valence-electron chi connectivity index (χ1n) is 8.74. The second-order valence-electron chi connectivity index (χ2n) is 7.35. The minimum Gasteiger partial charge on any atom is -0.496 e. The standard InChI is InChI=1S/C21H25N3O2/c1-21(2,3)20(25)22-13-19-23-16-10-6-7-11-17(16)24(19)14-15-9-5-8-12-18(15)26-4/h5-12H,13-14H2,1-4H3,(H,22,25). The molecule has 1 N–H and O–H groups in total. The first-order valence-corrected chi connectivity index (χ1v) is 8.74. The largest absolute Gasteiger partial charge is 0.496 e. The maximum absolute atomic E-state index is 12.3. The molecule has 3 rings (SSSR count). The predicted octanol–water partition coefficient (Wildman–Crippen LogP) is 3.76. The van der Waals surface area contributed by atoms with Crippen molar-refractivity contribution in [1.82, 2.24) is 14.9 Å². The third kappa shape index (κ3) is 3.72. The Kier molecular flexibility index (Phi) is 4.98. The van der Waals surface area contributed by atoms with Gasteiger partial charge in [0.1, 0.15) is 11.6 Å². The Balaban J connectivity index is 1.96. The molecule has 0 aliphatic carbocycles. The maximum atomic E-state index is 12.3. The van der Waals surface area contributed by atoms with E-state index < -0.39 is 5.41 Å². The molecule has 0 spiro atoms. The van der Waals surface area contributed by atoms with E-state index in [4.69, 9.17) is 9.72 Å². The number of aromatic nitrogens is 2. The van der Waals surface area contributed by atoms with Crippen LogP contribution in [-0.4, -0.2) is 22.6 Å². The van der Waals surface area contributed by atoms with Crippen LogP contribution in [0.2, 0.25) is 0 Å². The Morgan fingerprint density at radius 3 is 2.54 bits per heavy atom. The molecule has 0 unspecified atom stereocenters. The fraction of sp³-hybridized carbons (Fsp3) is 0.333. The highest BCUT2D eigenvalue weighted by Crippen LogP contribution is 2.23. The van der Waals surface area contributed by atoms with E-state index in [-0.39, 0.29) is 5.91 Å². The third-order valence-electron chi connectivity index (χ3n) is 4.34. The molecular formula is C21H25N3O2. The number of rotatable bonds is 5. The SMILES string of the molecule is COc1ccccc1Cn1c(CNC(=O)C(C)(C)C)nc2ccccc21. The summed E-state index contributed by atoms with van der Waals surface area (Å²) < 4.78 is 7.62. The highest BCUT2D eigenvalue weighted by molar-refractivity contribution is 5.81. The zero-order chi connectivity index (χ0) is 18.7. The third-order valence-corrected chi connectivity index (χ3v) is 4.34. The normalized spacial score (nSPS) is 11.5. The number of methoxy groups -OCH3 is 1. The quantitative estimate of drug-likeness (QED) is 0.761. The van der Waals surface area contributed by atoms with Gasteiger partial charge in [-0.1, -0.05) is 51.1 Å². The van der Waals surface area contributed by atoms with Crippen LogP contribution in [0.5, 0.6) is 5.75 Å². The predicted molar refractivity (Wildman–Crippen MR) is 103 cm³/mol. The van der Waals surface area contributed by atoms with Gasteiger partial charge in [-0.3, -0.25) is 4.79 Å². The number of carbonyl (C=O) groups excluding carboxylic acids is 1. The Bertz CT molecular complexity index is 922. The van der Waals surface area contributed by atoms with Crippen LogP contribution in [0, 0.1) is 5.41 Å². The monoisotopic (exact) mass is 351 g/mol. The summed E-state index contributed by atoms with van der Waals surface area (Å²) in [5, 5.41) is 3.00. The number of nitrogens with zero attached hydrogens (tertiary/aromatic N) is 2. The van der Waals surface area contributed by atoms with Crippen molar-refractivity contribution in [2.45, 2.75) is 33.9 Å². The molecule has 1 heterocycles. The van der Waals surface area contributed by atoms with Crippen molar-refractivity contribution in [3.63, 3.8) is 0 Å². The molecule has 26 heavy (non-hydrogen) atoms. The van der Waals surface area contributed by atoms with E-state index >= 15 is 0 Å². The summed E-state index contributed by atoms with van der Waals surface area (Å²) in [7, 11) is 1.68. The number of ether oxygens (including phenoxy) is 1. The molecule has 136 valence electrons. The van der Waals surface area contributed by atoms with Crippen LogP contribution in [0.3, 0.4) is 0 Å². The summed E-state index contributed by atoms with van der Waals surface area (Å²) in [4.78, 5) is 17.0. The molecule has 0 bridgehead atoms. The van der Waals surface area contributed by atoms with E-state index in [1.807, 2.05) is 69.3 Å². The van der Waals surface area contributed by atoms with Crippen LogP contribution in [0.15, 0.2) is 48.5 Å². The van der Waals surface area contributed by atoms with Gasteiger partial charge in [0.15, 0.2) is 0 Å². The van der Waals surface area contributed by atoms with Crippen molar-refractivity contribution >= 4 is 16.9 Å². The number of carbonyl (C=O) groups is 1. The van der Waals surface area contributed by atoms with Crippen LogP contribution in [0.1, 0.15) is 32.2 Å². The van der Waals surface area contributed by atoms with Crippen molar-refractivity contribution in [3.05, 3.63) is 59.9 Å². The average Bonchev–Trinajstić information content (AvgIpc) is 2.97. The molecule has 0 saturated carbocycles. The number of para-hydroxylation sites is 3. The van der Waals surface area contributed by atoms with Gasteiger partial charge in [-0.2, -0.15) is 0 Å². The molecule has 0 saturated heterocycles. The van der Waals surface area contributed by atoms with E-state index in [1.54, 1.807) is 7.11 Å². The van der Waals surface area contributed by atoms with Crippen LogP contribution in [0.25, 0.3) is 11.0 Å². The van der Waals surface area contributed by atoms with Crippen molar-refractivity contribution in [1.29, 1.82) is 0 Å². The van der Waals surface area contributed by atoms with Gasteiger partial charge in [0, 0.05) is 11.0 Å². The Labute approximate surface area is 154 Å². The number of imidazole rings is 1. The lowest BCUT2D eigenvalue weighted by Crippen LogP contribution is -2.35. The van der Waals surface area contributed by atoms with Crippen LogP contribution < -0.4 is 10.1 Å². The maximum Gasteiger partial charge on any atom is 0.225 e. The van der Waals surface area contributed by atoms with Crippen molar-refractivity contribution < 1.29 is 9.53 Å². The van der Waals surface area contributed by atoms with Gasteiger partial charge in [0.2, 0.25) is 5.91 Å². The molecule has 0 aliphatic heterocycles. The van der Waals surface area contributed by atoms with E-state index in [0.29, 0.717) is 13.1 Å². The molecule has 2 aromatic carbocycles. The van der Waals surface area contributed by atoms with Crippen LogP contribution in [0.4, 0.5) is 0 Å². The summed E-state index contributed by atoms with van der Waals surface area (Å²) in [6, 6.07) is 16.0. The fourth-order valence-corrected chi connectivity index (χ4v) is 2.87. The number of hydrogen-bond donors (Lipinski definition) is 1. The van der Waals surface area contributed by atoms with Crippen molar-refractivity contribution in [2.75, 3.05) is 7.11 Å². The molecule has 0 radical (unpaired) electrons. The highest BCUT2D eigenvalue weighted by atomic mass is 16.5. The lowest BCUT2D eigenvalue weighted by molar-refractivity contribution is -0.128. The number of nitrogens with one attached hydrogen (secondary N) is 1. The van der Waals surface area contributed by atoms with Crippen molar-refractivity contribution in [3.8, 4) is 5.75 Å². The van der Waals surface area contributed by atoms with E-state index in [1.165, 1.54) is 0 Å². The van der Waals surface area contributed by atoms with Gasteiger partial charge in [0.25, 0.3) is 0 Å². The number of amides is 1. The first-order chi connectivity index (χ1) is 12.4. The lowest BCUT2D eigenvalue weighted by Gasteiger charge is -2.18. The fourth-order valence-electron chi connectivity index (χ4n) is 2.87. The van der Waals surface area contributed by atoms with Crippen molar-refractivity contribution in [2.24, 2.45) is 5.41 Å². The minimum absolute atomic E-state index is 0.00778. The Morgan fingerprint density at radius 2 is 1.81 bits per heavy atom. The second kappa shape index (κ2) is 7.20. The number of fused-ring (bicyclic) bond motifs is 1. The first kappa shape index (κ1) is 18.0. The van der Waals surface area contributed by atoms with E-state index in [0.717, 1.165) is 28.2 Å². The van der Waals surface area contributed by atoms with Gasteiger partial charge in [-0.15, -0.1) is 0 Å². The average molecular weight is 351 g/mol. The lowest BCUT2D eigenvalue weighted by atomic mass is 9.96. The zero-order valence-electron chi connectivity index (χ0n) is 15.7. The summed E-state index contributed by atoms with van der Waals surface area (Å²) >= 11 is 0. The molecule has 5 nitrogen and oxygen atoms in total. The summed E-state index contributed by atoms with van der Waals surface area (Å²) in [5.74, 6) is 1.68. The van der Waals surface area contributed by atoms with Gasteiger partial charge in [0.05, 0.1) is 31.2 Å². The highest BCUT2D eigenvalue weighted by Gasteiger charge is 2.22. The van der Waals surface area contributed by atoms with Gasteiger partial charge < -0.3 is 14.6 Å². The molecule has 0 atom stereocenters. The zero-order valence-corrected chi connectivity index (χ0v) is 15.7. The molecule has 1 amide bonds. The molecule has 0 fully saturated rings. The molecule has 1 aromatic heterocycles. The number of benzene rings is 2. The smallest absolute Gasteiger partial charge is 0.225 e. The van der Waals surface area contributed by atoms with Gasteiger partial charge >= 0.3 is 0 Å². The summed E-state index contributed by atoms with van der Waals surface area (Å²) in [6.07, 6.45) is 0. The Morgan fingerprint density at radius 1 is 1.12 bits per heavy atom. The van der Waals surface area contributed by atoms with Crippen LogP contribution in [-0.2, 0) is 17.9 Å². The van der Waals surface area contributed by atoms with E-state index in [9.17, 15) is 4.79 Å². The molecule has 0 aliphatic rings. The second-order valence-corrected chi connectivity index (χ2v) is 7.35. The topological polar surface area (TPSA) is 56.1 Å². The summed E-state index contributed by atoms with van der Waals surface area (Å²) in [5.41, 5.74) is 2.60. The molecule has 3 aromatic rings. The number of hydrogen-bond acceptors (Lipinski definition) is 3. The molecule has 5 heteroatoms. The molecular weight excluding hydrogens is 326 g/mol. The van der Waals surface area contributed by atoms with E-state index in [2.05, 4.69) is 9.88 Å². The Hall–Kier alpha value is -2.82. The summed E-state index contributed by atoms with van der Waals surface area (Å²) in [6.45, 7) is 6.73. The van der Waals surface area contributed by atoms with Gasteiger partial charge in [-0.05, 0) is 18.2 Å².